The standard InChI is InChI=1S/C14H11ClN2OS/c15-10-1-2-12-13-8(10)3-4-16-5-9(13)14(19-12)11-6-17-7-18-11/h1-2,6-7,16H,3-5H2. The number of hydrogen-bond donors (Lipinski definition) is 1. The Balaban J connectivity index is 2.09. The van der Waals surface area contributed by atoms with Crippen molar-refractivity contribution in [3.63, 3.8) is 0 Å². The van der Waals surface area contributed by atoms with E-state index in [1.807, 2.05) is 6.07 Å². The van der Waals surface area contributed by atoms with E-state index in [9.17, 15) is 0 Å². The van der Waals surface area contributed by atoms with Crippen molar-refractivity contribution in [1.29, 1.82) is 0 Å². The molecule has 5 heteroatoms. The lowest BCUT2D eigenvalue weighted by Gasteiger charge is -2.03. The number of thiophene rings is 1. The van der Waals surface area contributed by atoms with Gasteiger partial charge >= 0.3 is 0 Å². The summed E-state index contributed by atoms with van der Waals surface area (Å²) < 4.78 is 6.73. The minimum absolute atomic E-state index is 0.835. The van der Waals surface area contributed by atoms with E-state index in [1.165, 1.54) is 27.6 Å². The third-order valence-corrected chi connectivity index (χ3v) is 5.08. The van der Waals surface area contributed by atoms with Gasteiger partial charge in [0.05, 0.1) is 11.1 Å². The maximum Gasteiger partial charge on any atom is 0.181 e. The lowest BCUT2D eigenvalue weighted by Crippen LogP contribution is -2.14. The monoisotopic (exact) mass is 290 g/mol. The van der Waals surface area contributed by atoms with E-state index in [0.29, 0.717) is 0 Å². The van der Waals surface area contributed by atoms with E-state index >= 15 is 0 Å². The van der Waals surface area contributed by atoms with Crippen LogP contribution in [0.3, 0.4) is 0 Å². The smallest absolute Gasteiger partial charge is 0.181 e. The fourth-order valence-electron chi connectivity index (χ4n) is 2.67. The SMILES string of the molecule is Clc1ccc2sc(-c3cnco3)c3c2c1CCNC3. The average molecular weight is 291 g/mol. The highest BCUT2D eigenvalue weighted by Gasteiger charge is 2.21. The highest BCUT2D eigenvalue weighted by atomic mass is 35.5. The molecule has 2 aromatic heterocycles. The summed E-state index contributed by atoms with van der Waals surface area (Å²) in [5.41, 5.74) is 2.54. The van der Waals surface area contributed by atoms with E-state index in [4.69, 9.17) is 16.0 Å². The molecule has 0 atom stereocenters. The van der Waals surface area contributed by atoms with Crippen molar-refractivity contribution >= 4 is 33.0 Å². The Bertz CT molecular complexity index is 748. The molecule has 0 saturated carbocycles. The minimum atomic E-state index is 0.835. The number of nitrogens with one attached hydrogen (secondary N) is 1. The number of benzene rings is 1. The fraction of sp³-hybridized carbons (Fsp3) is 0.214. The first-order chi connectivity index (χ1) is 9.34. The van der Waals surface area contributed by atoms with Crippen LogP contribution in [-0.4, -0.2) is 11.5 Å². The van der Waals surface area contributed by atoms with Gasteiger partial charge in [0.25, 0.3) is 0 Å². The quantitative estimate of drug-likeness (QED) is 0.739. The summed E-state index contributed by atoms with van der Waals surface area (Å²) in [6.45, 7) is 1.80. The van der Waals surface area contributed by atoms with E-state index in [1.54, 1.807) is 17.5 Å². The third-order valence-electron chi connectivity index (χ3n) is 3.52. The molecule has 0 bridgehead atoms. The van der Waals surface area contributed by atoms with E-state index in [0.717, 1.165) is 35.2 Å². The zero-order valence-corrected chi connectivity index (χ0v) is 11.6. The second kappa shape index (κ2) is 4.34. The predicted molar refractivity (Wildman–Crippen MR) is 77.7 cm³/mol. The minimum Gasteiger partial charge on any atom is -0.443 e. The molecular weight excluding hydrogens is 280 g/mol. The van der Waals surface area contributed by atoms with Gasteiger partial charge in [0.2, 0.25) is 0 Å². The number of nitrogens with zero attached hydrogens (tertiary/aromatic N) is 1. The summed E-state index contributed by atoms with van der Waals surface area (Å²) in [5.74, 6) is 0.835. The van der Waals surface area contributed by atoms with Crippen LogP contribution in [0.5, 0.6) is 0 Å². The van der Waals surface area contributed by atoms with Gasteiger partial charge in [-0.25, -0.2) is 4.98 Å². The van der Waals surface area contributed by atoms with E-state index < -0.39 is 0 Å². The summed E-state index contributed by atoms with van der Waals surface area (Å²) in [6.07, 6.45) is 4.22. The lowest BCUT2D eigenvalue weighted by atomic mass is 10.0. The molecule has 3 nitrogen and oxygen atoms in total. The first-order valence-electron chi connectivity index (χ1n) is 6.17. The number of halogens is 1. The molecule has 3 heterocycles. The van der Waals surface area contributed by atoms with Crippen LogP contribution < -0.4 is 5.32 Å². The van der Waals surface area contributed by atoms with E-state index in [-0.39, 0.29) is 0 Å². The highest BCUT2D eigenvalue weighted by molar-refractivity contribution is 7.22. The lowest BCUT2D eigenvalue weighted by molar-refractivity contribution is 0.572. The predicted octanol–water partition coefficient (Wildman–Crippen LogP) is 3.86. The molecule has 0 unspecified atom stereocenters. The molecule has 1 aliphatic heterocycles. The molecule has 0 aliphatic carbocycles. The molecule has 0 spiro atoms. The zero-order valence-electron chi connectivity index (χ0n) is 10.1. The van der Waals surface area contributed by atoms with Crippen LogP contribution in [0, 0.1) is 0 Å². The van der Waals surface area contributed by atoms with E-state index in [2.05, 4.69) is 16.4 Å². The van der Waals surface area contributed by atoms with Crippen LogP contribution in [0.1, 0.15) is 11.1 Å². The number of hydrogen-bond acceptors (Lipinski definition) is 4. The van der Waals surface area contributed by atoms with Crippen LogP contribution in [0.4, 0.5) is 0 Å². The molecule has 96 valence electrons. The van der Waals surface area contributed by atoms with Gasteiger partial charge in [0.1, 0.15) is 0 Å². The normalized spacial score (nSPS) is 14.8. The van der Waals surface area contributed by atoms with Gasteiger partial charge in [-0.05, 0) is 36.2 Å². The summed E-state index contributed by atoms with van der Waals surface area (Å²) in [7, 11) is 0. The molecule has 0 fully saturated rings. The van der Waals surface area contributed by atoms with Crippen molar-refractivity contribution in [2.75, 3.05) is 6.54 Å². The van der Waals surface area contributed by atoms with Gasteiger partial charge in [-0.2, -0.15) is 0 Å². The average Bonchev–Trinajstić information content (AvgIpc) is 2.98. The maximum atomic E-state index is 6.36. The van der Waals surface area contributed by atoms with Gasteiger partial charge in [-0.1, -0.05) is 11.6 Å². The second-order valence-electron chi connectivity index (χ2n) is 4.60. The number of rotatable bonds is 1. The van der Waals surface area contributed by atoms with Gasteiger partial charge in [-0.3, -0.25) is 0 Å². The zero-order chi connectivity index (χ0) is 12.8. The Morgan fingerprint density at radius 3 is 3.11 bits per heavy atom. The summed E-state index contributed by atoms with van der Waals surface area (Å²) in [5, 5.41) is 5.62. The Kier molecular flexibility index (Phi) is 2.62. The Labute approximate surface area is 119 Å². The topological polar surface area (TPSA) is 38.1 Å². The Hall–Kier alpha value is -1.36. The molecule has 0 radical (unpaired) electrons. The van der Waals surface area contributed by atoms with Crippen molar-refractivity contribution in [2.45, 2.75) is 13.0 Å². The van der Waals surface area contributed by atoms with Crippen molar-refractivity contribution in [2.24, 2.45) is 0 Å². The Morgan fingerprint density at radius 1 is 1.32 bits per heavy atom. The van der Waals surface area contributed by atoms with Crippen LogP contribution >= 0.6 is 22.9 Å². The van der Waals surface area contributed by atoms with Crippen LogP contribution in [0.25, 0.3) is 20.7 Å². The van der Waals surface area contributed by atoms with Crippen molar-refractivity contribution in [3.8, 4) is 10.6 Å². The molecular formula is C14H11ClN2OS. The number of aromatic nitrogens is 1. The summed E-state index contributed by atoms with van der Waals surface area (Å²) in [4.78, 5) is 5.18. The van der Waals surface area contributed by atoms with Crippen molar-refractivity contribution in [1.82, 2.24) is 10.3 Å². The van der Waals surface area contributed by atoms with Crippen LogP contribution in [0.15, 0.2) is 29.1 Å². The van der Waals surface area contributed by atoms with Crippen LogP contribution in [-0.2, 0) is 13.0 Å². The third kappa shape index (κ3) is 1.71. The van der Waals surface area contributed by atoms with Crippen molar-refractivity contribution < 1.29 is 4.42 Å². The van der Waals surface area contributed by atoms with Gasteiger partial charge in [-0.15, -0.1) is 11.3 Å². The highest BCUT2D eigenvalue weighted by Crippen LogP contribution is 2.42. The fourth-order valence-corrected chi connectivity index (χ4v) is 4.12. The first kappa shape index (κ1) is 11.5. The Morgan fingerprint density at radius 2 is 2.26 bits per heavy atom. The molecule has 1 aromatic carbocycles. The summed E-state index contributed by atoms with van der Waals surface area (Å²) in [6, 6.07) is 4.09. The van der Waals surface area contributed by atoms with Gasteiger partial charge in [0, 0.05) is 21.7 Å². The van der Waals surface area contributed by atoms with Crippen molar-refractivity contribution in [3.05, 3.63) is 40.9 Å². The second-order valence-corrected chi connectivity index (χ2v) is 6.06. The van der Waals surface area contributed by atoms with Gasteiger partial charge in [0.15, 0.2) is 12.2 Å². The molecule has 19 heavy (non-hydrogen) atoms. The molecule has 4 rings (SSSR count). The van der Waals surface area contributed by atoms with Gasteiger partial charge < -0.3 is 9.73 Å². The van der Waals surface area contributed by atoms with Crippen LogP contribution in [0.2, 0.25) is 5.02 Å². The molecule has 0 amide bonds. The number of oxazole rings is 1. The molecule has 3 aromatic rings. The molecule has 1 N–H and O–H groups in total. The largest absolute Gasteiger partial charge is 0.443 e. The summed E-state index contributed by atoms with van der Waals surface area (Å²) >= 11 is 8.10. The molecule has 0 saturated heterocycles. The first-order valence-corrected chi connectivity index (χ1v) is 7.36. The molecule has 1 aliphatic rings. The maximum absolute atomic E-state index is 6.36.